The topological polar surface area (TPSA) is 86.7 Å². The molecule has 1 unspecified atom stereocenters. The highest BCUT2D eigenvalue weighted by Crippen LogP contribution is 2.07. The Morgan fingerprint density at radius 2 is 1.74 bits per heavy atom. The molecule has 0 saturated heterocycles. The molecule has 19 heavy (non-hydrogen) atoms. The highest BCUT2D eigenvalue weighted by atomic mass is 16.4. The van der Waals surface area contributed by atoms with Gasteiger partial charge in [-0.1, -0.05) is 20.8 Å². The van der Waals surface area contributed by atoms with Crippen molar-refractivity contribution in [3.05, 3.63) is 0 Å². The van der Waals surface area contributed by atoms with Crippen LogP contribution in [-0.2, 0) is 9.59 Å². The highest BCUT2D eigenvalue weighted by molar-refractivity contribution is 5.94. The second-order valence-electron chi connectivity index (χ2n) is 5.36. The van der Waals surface area contributed by atoms with Crippen LogP contribution in [0.15, 0.2) is 0 Å². The summed E-state index contributed by atoms with van der Waals surface area (Å²) < 4.78 is 0. The minimum Gasteiger partial charge on any atom is -0.481 e. The molecule has 0 aromatic rings. The summed E-state index contributed by atoms with van der Waals surface area (Å²) in [6.45, 7) is 6.37. The van der Waals surface area contributed by atoms with Gasteiger partial charge in [-0.05, 0) is 18.3 Å². The van der Waals surface area contributed by atoms with Crippen LogP contribution in [-0.4, -0.2) is 41.5 Å². The Bertz CT molecular complexity index is 329. The predicted octanol–water partition coefficient (Wildman–Crippen LogP) is 1.70. The molecule has 0 aromatic heterocycles. The molecule has 110 valence electrons. The summed E-state index contributed by atoms with van der Waals surface area (Å²) in [6.07, 6.45) is 0.828. The average molecular weight is 272 g/mol. The largest absolute Gasteiger partial charge is 0.481 e. The van der Waals surface area contributed by atoms with Crippen LogP contribution < -0.4 is 5.32 Å². The summed E-state index contributed by atoms with van der Waals surface area (Å²) in [7, 11) is 1.63. The van der Waals surface area contributed by atoms with E-state index in [1.807, 2.05) is 0 Å². The number of carbonyl (C=O) groups excluding carboxylic acids is 2. The fraction of sp³-hybridized carbons (Fsp3) is 0.769. The molecule has 0 aliphatic rings. The lowest BCUT2D eigenvalue weighted by molar-refractivity contribution is -0.138. The van der Waals surface area contributed by atoms with Crippen LogP contribution in [0, 0.1) is 11.8 Å². The first kappa shape index (κ1) is 17.4. The number of rotatable bonds is 7. The molecule has 0 bridgehead atoms. The Balaban J connectivity index is 4.04. The molecule has 6 heteroatoms. The van der Waals surface area contributed by atoms with E-state index < -0.39 is 17.9 Å². The van der Waals surface area contributed by atoms with E-state index in [4.69, 9.17) is 5.11 Å². The molecule has 0 aromatic carbocycles. The first-order valence-electron chi connectivity index (χ1n) is 6.49. The fourth-order valence-electron chi connectivity index (χ4n) is 1.51. The van der Waals surface area contributed by atoms with E-state index in [1.54, 1.807) is 14.0 Å². The molecule has 0 heterocycles. The number of imide groups is 1. The summed E-state index contributed by atoms with van der Waals surface area (Å²) in [6, 6.07) is -0.437. The van der Waals surface area contributed by atoms with Gasteiger partial charge in [-0.2, -0.15) is 0 Å². The molecular weight excluding hydrogens is 248 g/mol. The van der Waals surface area contributed by atoms with Gasteiger partial charge in [0.2, 0.25) is 5.91 Å². The smallest absolute Gasteiger partial charge is 0.323 e. The monoisotopic (exact) mass is 272 g/mol. The molecule has 0 aliphatic heterocycles. The van der Waals surface area contributed by atoms with E-state index in [-0.39, 0.29) is 18.8 Å². The van der Waals surface area contributed by atoms with E-state index in [1.165, 1.54) is 4.90 Å². The van der Waals surface area contributed by atoms with E-state index in [0.717, 1.165) is 6.42 Å². The number of hydrogen-bond acceptors (Lipinski definition) is 3. The van der Waals surface area contributed by atoms with Crippen LogP contribution in [0.2, 0.25) is 0 Å². The highest BCUT2D eigenvalue weighted by Gasteiger charge is 2.16. The van der Waals surface area contributed by atoms with Crippen molar-refractivity contribution >= 4 is 17.9 Å². The summed E-state index contributed by atoms with van der Waals surface area (Å²) in [5.74, 6) is -1.18. The molecule has 3 amide bonds. The van der Waals surface area contributed by atoms with E-state index in [2.05, 4.69) is 19.2 Å². The van der Waals surface area contributed by atoms with E-state index >= 15 is 0 Å². The normalized spacial score (nSPS) is 12.1. The van der Waals surface area contributed by atoms with Gasteiger partial charge in [0.25, 0.3) is 0 Å². The summed E-state index contributed by atoms with van der Waals surface area (Å²) in [5, 5.41) is 10.8. The van der Waals surface area contributed by atoms with Crippen LogP contribution in [0.5, 0.6) is 0 Å². The number of urea groups is 1. The number of amides is 3. The third-order valence-corrected chi connectivity index (χ3v) is 2.69. The molecule has 2 N–H and O–H groups in total. The summed E-state index contributed by atoms with van der Waals surface area (Å²) >= 11 is 0. The number of nitrogens with zero attached hydrogens (tertiary/aromatic N) is 1. The molecule has 1 atom stereocenters. The maximum Gasteiger partial charge on any atom is 0.323 e. The third-order valence-electron chi connectivity index (χ3n) is 2.69. The van der Waals surface area contributed by atoms with Crippen molar-refractivity contribution in [2.24, 2.45) is 11.8 Å². The standard InChI is InChI=1S/C13H24N2O4/c1-9(2)5-6-15(4)13(19)14-11(16)7-10(3)8-12(17)18/h9-10H,5-8H2,1-4H3,(H,17,18)(H,14,16,19). The quantitative estimate of drug-likeness (QED) is 0.738. The molecular formula is C13H24N2O4. The lowest BCUT2D eigenvalue weighted by Gasteiger charge is -2.18. The van der Waals surface area contributed by atoms with Gasteiger partial charge in [0.15, 0.2) is 0 Å². The first-order chi connectivity index (χ1) is 8.72. The Morgan fingerprint density at radius 1 is 1.16 bits per heavy atom. The number of hydrogen-bond donors (Lipinski definition) is 2. The van der Waals surface area contributed by atoms with Crippen LogP contribution in [0.25, 0.3) is 0 Å². The summed E-state index contributed by atoms with van der Waals surface area (Å²) in [4.78, 5) is 35.1. The molecule has 0 saturated carbocycles. The SMILES string of the molecule is CC(C)CCN(C)C(=O)NC(=O)CC(C)CC(=O)O. The second kappa shape index (κ2) is 8.50. The fourth-order valence-corrected chi connectivity index (χ4v) is 1.51. The average Bonchev–Trinajstić information content (AvgIpc) is 2.23. The molecule has 0 spiro atoms. The van der Waals surface area contributed by atoms with Gasteiger partial charge in [-0.25, -0.2) is 4.79 Å². The Hall–Kier alpha value is -1.59. The molecule has 0 rings (SSSR count). The van der Waals surface area contributed by atoms with Crippen LogP contribution in [0.4, 0.5) is 4.79 Å². The number of aliphatic carboxylic acids is 1. The van der Waals surface area contributed by atoms with Gasteiger partial charge in [-0.3, -0.25) is 14.9 Å². The maximum atomic E-state index is 11.6. The van der Waals surface area contributed by atoms with Crippen LogP contribution >= 0.6 is 0 Å². The van der Waals surface area contributed by atoms with Crippen molar-refractivity contribution in [3.63, 3.8) is 0 Å². The van der Waals surface area contributed by atoms with Crippen molar-refractivity contribution < 1.29 is 19.5 Å². The number of carboxylic acids is 1. The Kier molecular flexibility index (Phi) is 7.79. The minimum absolute atomic E-state index is 0.0378. The van der Waals surface area contributed by atoms with Crippen molar-refractivity contribution in [2.45, 2.75) is 40.0 Å². The Morgan fingerprint density at radius 3 is 2.21 bits per heavy atom. The second-order valence-corrected chi connectivity index (χ2v) is 5.36. The van der Waals surface area contributed by atoms with Gasteiger partial charge < -0.3 is 10.0 Å². The van der Waals surface area contributed by atoms with Crippen molar-refractivity contribution in [1.82, 2.24) is 10.2 Å². The molecule has 0 fully saturated rings. The number of nitrogens with one attached hydrogen (secondary N) is 1. The van der Waals surface area contributed by atoms with Gasteiger partial charge in [0.05, 0.1) is 0 Å². The molecule has 0 aliphatic carbocycles. The maximum absolute atomic E-state index is 11.6. The zero-order chi connectivity index (χ0) is 15.0. The van der Waals surface area contributed by atoms with Gasteiger partial charge in [-0.15, -0.1) is 0 Å². The van der Waals surface area contributed by atoms with E-state index in [0.29, 0.717) is 12.5 Å². The summed E-state index contributed by atoms with van der Waals surface area (Å²) in [5.41, 5.74) is 0. The Labute approximate surface area is 114 Å². The van der Waals surface area contributed by atoms with Crippen molar-refractivity contribution in [3.8, 4) is 0 Å². The third kappa shape index (κ3) is 9.04. The van der Waals surface area contributed by atoms with Gasteiger partial charge >= 0.3 is 12.0 Å². The van der Waals surface area contributed by atoms with Crippen LogP contribution in [0.3, 0.4) is 0 Å². The van der Waals surface area contributed by atoms with Crippen molar-refractivity contribution in [1.29, 1.82) is 0 Å². The van der Waals surface area contributed by atoms with Crippen LogP contribution in [0.1, 0.15) is 40.0 Å². The van der Waals surface area contributed by atoms with Gasteiger partial charge in [0.1, 0.15) is 0 Å². The first-order valence-corrected chi connectivity index (χ1v) is 6.49. The predicted molar refractivity (Wildman–Crippen MR) is 71.7 cm³/mol. The molecule has 6 nitrogen and oxygen atoms in total. The van der Waals surface area contributed by atoms with Crippen molar-refractivity contribution in [2.75, 3.05) is 13.6 Å². The van der Waals surface area contributed by atoms with E-state index in [9.17, 15) is 14.4 Å². The zero-order valence-corrected chi connectivity index (χ0v) is 12.1. The number of carboxylic acid groups (broad SMARTS) is 1. The molecule has 0 radical (unpaired) electrons. The van der Waals surface area contributed by atoms with Gasteiger partial charge in [0, 0.05) is 26.4 Å². The minimum atomic E-state index is -0.944. The zero-order valence-electron chi connectivity index (χ0n) is 12.1. The lowest BCUT2D eigenvalue weighted by atomic mass is 10.0. The number of carbonyl (C=O) groups is 3. The lowest BCUT2D eigenvalue weighted by Crippen LogP contribution is -2.41.